The Labute approximate surface area is 173 Å². The first kappa shape index (κ1) is 27.6. The molecular formula is C22H46NO4P. The van der Waals surface area contributed by atoms with Crippen molar-refractivity contribution >= 4 is 13.3 Å². The van der Waals surface area contributed by atoms with Crippen LogP contribution in [0.2, 0.25) is 0 Å². The van der Waals surface area contributed by atoms with Crippen molar-refractivity contribution < 1.29 is 23.8 Å². The highest BCUT2D eigenvalue weighted by molar-refractivity contribution is 7.56. The number of unbranched alkanes of at least 4 members (excludes halogenated alkanes) is 11. The van der Waals surface area contributed by atoms with E-state index in [0.29, 0.717) is 17.4 Å². The summed E-state index contributed by atoms with van der Waals surface area (Å²) in [6.07, 6.45) is 14.8. The smallest absolute Gasteiger partial charge is 0.303 e. The lowest BCUT2D eigenvalue weighted by Gasteiger charge is -2.32. The molecule has 0 aliphatic carbocycles. The monoisotopic (exact) mass is 419 g/mol. The first-order valence-corrected chi connectivity index (χ1v) is 13.4. The Balaban J connectivity index is 3.88. The lowest BCUT2D eigenvalue weighted by atomic mass is 10.1. The molecule has 5 nitrogen and oxygen atoms in total. The molecule has 0 aromatic rings. The fourth-order valence-electron chi connectivity index (χ4n) is 3.89. The molecule has 0 fully saturated rings. The van der Waals surface area contributed by atoms with Crippen LogP contribution in [0.1, 0.15) is 90.4 Å². The zero-order valence-electron chi connectivity index (χ0n) is 19.0. The summed E-state index contributed by atoms with van der Waals surface area (Å²) >= 11 is 0. The number of carboxylic acids is 1. The highest BCUT2D eigenvalue weighted by atomic mass is 31.2. The van der Waals surface area contributed by atoms with Crippen LogP contribution in [-0.4, -0.2) is 55.6 Å². The summed E-state index contributed by atoms with van der Waals surface area (Å²) in [5.41, 5.74) is 0. The second-order valence-corrected chi connectivity index (χ2v) is 12.0. The zero-order chi connectivity index (χ0) is 21.5. The van der Waals surface area contributed by atoms with Crippen LogP contribution in [0.25, 0.3) is 0 Å². The molecule has 2 atom stereocenters. The van der Waals surface area contributed by atoms with Crippen LogP contribution in [0.4, 0.5) is 0 Å². The maximum Gasteiger partial charge on any atom is 0.303 e. The molecule has 0 radical (unpaired) electrons. The summed E-state index contributed by atoms with van der Waals surface area (Å²) in [6, 6.07) is 0. The van der Waals surface area contributed by atoms with E-state index in [2.05, 4.69) is 6.92 Å². The van der Waals surface area contributed by atoms with E-state index in [1.54, 1.807) is 0 Å². The third-order valence-electron chi connectivity index (χ3n) is 5.16. The molecule has 0 spiro atoms. The van der Waals surface area contributed by atoms with Crippen molar-refractivity contribution in [2.45, 2.75) is 90.4 Å². The molecule has 168 valence electrons. The van der Waals surface area contributed by atoms with Crippen LogP contribution >= 0.6 is 7.37 Å². The number of nitrogens with zero attached hydrogens (tertiary/aromatic N) is 1. The molecule has 0 rings (SSSR count). The number of aliphatic carboxylic acids is 1. The van der Waals surface area contributed by atoms with Gasteiger partial charge in [-0.2, -0.15) is 0 Å². The van der Waals surface area contributed by atoms with Gasteiger partial charge in [0.1, 0.15) is 0 Å². The predicted molar refractivity (Wildman–Crippen MR) is 117 cm³/mol. The van der Waals surface area contributed by atoms with E-state index < -0.39 is 13.3 Å². The van der Waals surface area contributed by atoms with E-state index in [4.69, 9.17) is 5.11 Å². The van der Waals surface area contributed by atoms with E-state index in [1.165, 1.54) is 57.8 Å². The number of hydrogen-bond acceptors (Lipinski definition) is 3. The molecule has 1 unspecified atom stereocenters. The van der Waals surface area contributed by atoms with Gasteiger partial charge in [0.05, 0.1) is 34.1 Å². The van der Waals surface area contributed by atoms with Gasteiger partial charge in [-0.05, 0) is 18.7 Å². The standard InChI is InChI=1S/C22H46NO4P/c1-5-6-7-8-9-10-11-12-13-14-15-16-17-28(26,27)20-21(18-22(24)25)19-23(2,3)4/h21H,5-20H2,1-4H3,(H-,24,25,26,27)/t21-/m0/s1. The zero-order valence-corrected chi connectivity index (χ0v) is 19.9. The van der Waals surface area contributed by atoms with Gasteiger partial charge in [0.25, 0.3) is 0 Å². The maximum absolute atomic E-state index is 12.4. The molecule has 0 aliphatic heterocycles. The predicted octanol–water partition coefficient (Wildman–Crippen LogP) is 5.12. The Bertz CT molecular complexity index is 448. The van der Waals surface area contributed by atoms with Gasteiger partial charge in [0.2, 0.25) is 0 Å². The third-order valence-corrected chi connectivity index (χ3v) is 7.23. The minimum atomic E-state index is -3.49. The van der Waals surface area contributed by atoms with Gasteiger partial charge >= 0.3 is 5.97 Å². The maximum atomic E-state index is 12.4. The van der Waals surface area contributed by atoms with Crippen molar-refractivity contribution in [1.82, 2.24) is 0 Å². The number of quaternary nitrogens is 1. The fraction of sp³-hybridized carbons (Fsp3) is 0.955. The van der Waals surface area contributed by atoms with Gasteiger partial charge in [-0.15, -0.1) is 0 Å². The Morgan fingerprint density at radius 2 is 1.32 bits per heavy atom. The molecule has 0 aromatic heterocycles. The van der Waals surface area contributed by atoms with Crippen LogP contribution in [-0.2, 0) is 9.36 Å². The minimum absolute atomic E-state index is 0.0207. The SMILES string of the molecule is CCCCCCCCCCCCCCP(=O)([O-])C[C@@H](CC(=O)O)C[N+](C)(C)C. The van der Waals surface area contributed by atoms with Crippen molar-refractivity contribution in [2.24, 2.45) is 5.92 Å². The molecule has 6 heteroatoms. The topological polar surface area (TPSA) is 77.4 Å². The van der Waals surface area contributed by atoms with Crippen LogP contribution < -0.4 is 4.89 Å². The van der Waals surface area contributed by atoms with Crippen molar-refractivity contribution in [1.29, 1.82) is 0 Å². The first-order valence-electron chi connectivity index (χ1n) is 11.4. The molecule has 0 aliphatic rings. The average Bonchev–Trinajstić information content (AvgIpc) is 2.53. The van der Waals surface area contributed by atoms with Crippen LogP contribution in [0.15, 0.2) is 0 Å². The summed E-state index contributed by atoms with van der Waals surface area (Å²) in [6.45, 7) is 2.81. The number of rotatable bonds is 19. The molecule has 0 saturated heterocycles. The van der Waals surface area contributed by atoms with Crippen LogP contribution in [0, 0.1) is 5.92 Å². The van der Waals surface area contributed by atoms with Gasteiger partial charge < -0.3 is 19.0 Å². The normalized spacial score (nSPS) is 15.3. The van der Waals surface area contributed by atoms with E-state index in [-0.39, 0.29) is 24.7 Å². The summed E-state index contributed by atoms with van der Waals surface area (Å²) in [7, 11) is 2.41. The summed E-state index contributed by atoms with van der Waals surface area (Å²) in [4.78, 5) is 23.5. The fourth-order valence-corrected chi connectivity index (χ4v) is 5.81. The summed E-state index contributed by atoms with van der Waals surface area (Å²) < 4.78 is 13.0. The van der Waals surface area contributed by atoms with E-state index in [0.717, 1.165) is 12.8 Å². The molecule has 0 bridgehead atoms. The van der Waals surface area contributed by atoms with Crippen LogP contribution in [0.5, 0.6) is 0 Å². The van der Waals surface area contributed by atoms with Gasteiger partial charge in [0.15, 0.2) is 0 Å². The molecule has 0 heterocycles. The van der Waals surface area contributed by atoms with Crippen molar-refractivity contribution in [3.63, 3.8) is 0 Å². The molecule has 1 N–H and O–H groups in total. The van der Waals surface area contributed by atoms with Crippen molar-refractivity contribution in [2.75, 3.05) is 40.0 Å². The van der Waals surface area contributed by atoms with Gasteiger partial charge in [-0.25, -0.2) is 0 Å². The van der Waals surface area contributed by atoms with Crippen molar-refractivity contribution in [3.8, 4) is 0 Å². The lowest BCUT2D eigenvalue weighted by molar-refractivity contribution is -0.873. The van der Waals surface area contributed by atoms with Gasteiger partial charge in [0, 0.05) is 13.3 Å². The quantitative estimate of drug-likeness (QED) is 0.179. The molecular weight excluding hydrogens is 373 g/mol. The highest BCUT2D eigenvalue weighted by Crippen LogP contribution is 2.40. The lowest BCUT2D eigenvalue weighted by Crippen LogP contribution is -2.41. The highest BCUT2D eigenvalue weighted by Gasteiger charge is 2.25. The second-order valence-electron chi connectivity index (χ2n) is 9.55. The minimum Gasteiger partial charge on any atom is -0.799 e. The molecule has 0 amide bonds. The summed E-state index contributed by atoms with van der Waals surface area (Å²) in [5.74, 6) is -1.22. The molecule has 0 saturated carbocycles. The Kier molecular flexibility index (Phi) is 15.2. The molecule has 0 aromatic carbocycles. The van der Waals surface area contributed by atoms with Crippen LogP contribution in [0.3, 0.4) is 0 Å². The first-order chi connectivity index (χ1) is 13.1. The largest absolute Gasteiger partial charge is 0.799 e. The molecule has 28 heavy (non-hydrogen) atoms. The number of carbonyl (C=O) groups is 1. The van der Waals surface area contributed by atoms with E-state index >= 15 is 0 Å². The second kappa shape index (κ2) is 15.5. The third kappa shape index (κ3) is 19.0. The Hall–Kier alpha value is -0.380. The van der Waals surface area contributed by atoms with Gasteiger partial charge in [-0.1, -0.05) is 77.6 Å². The Morgan fingerprint density at radius 1 is 0.893 bits per heavy atom. The van der Waals surface area contributed by atoms with E-state index in [1.807, 2.05) is 21.1 Å². The average molecular weight is 420 g/mol. The Morgan fingerprint density at radius 3 is 1.71 bits per heavy atom. The van der Waals surface area contributed by atoms with Gasteiger partial charge in [-0.3, -0.25) is 4.79 Å². The van der Waals surface area contributed by atoms with E-state index in [9.17, 15) is 14.3 Å². The number of hydrogen-bond donors (Lipinski definition) is 1. The number of carboxylic acid groups (broad SMARTS) is 1. The van der Waals surface area contributed by atoms with Crippen molar-refractivity contribution in [3.05, 3.63) is 0 Å². The summed E-state index contributed by atoms with van der Waals surface area (Å²) in [5, 5.41) is 9.07.